The molecule has 0 saturated carbocycles. The maximum atomic E-state index is 12.0. The molecule has 2 aromatic rings. The first-order valence-electron chi connectivity index (χ1n) is 5.73. The van der Waals surface area contributed by atoms with Gasteiger partial charge in [0.05, 0.1) is 5.52 Å². The second kappa shape index (κ2) is 3.80. The Labute approximate surface area is 98.2 Å². The molecule has 1 N–H and O–H groups in total. The number of pyridine rings is 1. The lowest BCUT2D eigenvalue weighted by molar-refractivity contribution is 0.174. The molecule has 0 spiro atoms. The summed E-state index contributed by atoms with van der Waals surface area (Å²) in [6.07, 6.45) is 1.88. The number of ether oxygens (including phenoxy) is 2. The van der Waals surface area contributed by atoms with Crippen LogP contribution in [0.15, 0.2) is 23.0 Å². The topological polar surface area (TPSA) is 51.3 Å². The third-order valence-corrected chi connectivity index (χ3v) is 2.90. The van der Waals surface area contributed by atoms with Gasteiger partial charge in [0, 0.05) is 23.2 Å². The smallest absolute Gasteiger partial charge is 0.231 e. The quantitative estimate of drug-likeness (QED) is 0.862. The van der Waals surface area contributed by atoms with Gasteiger partial charge in [0.15, 0.2) is 16.9 Å². The Morgan fingerprint density at radius 2 is 2.00 bits per heavy atom. The first-order chi connectivity index (χ1) is 8.28. The van der Waals surface area contributed by atoms with E-state index in [9.17, 15) is 4.79 Å². The fourth-order valence-electron chi connectivity index (χ4n) is 2.10. The van der Waals surface area contributed by atoms with E-state index in [1.807, 2.05) is 6.07 Å². The molecule has 0 aliphatic carbocycles. The number of benzene rings is 1. The molecule has 0 radical (unpaired) electrons. The highest BCUT2D eigenvalue weighted by Crippen LogP contribution is 2.34. The Kier molecular flexibility index (Phi) is 2.28. The van der Waals surface area contributed by atoms with Crippen molar-refractivity contribution in [2.24, 2.45) is 0 Å². The van der Waals surface area contributed by atoms with Gasteiger partial charge >= 0.3 is 0 Å². The van der Waals surface area contributed by atoms with Crippen LogP contribution in [-0.2, 0) is 6.42 Å². The van der Waals surface area contributed by atoms with Crippen LogP contribution in [0, 0.1) is 0 Å². The zero-order chi connectivity index (χ0) is 11.8. The highest BCUT2D eigenvalue weighted by molar-refractivity contribution is 5.82. The standard InChI is InChI=1S/C13H13NO3/c1-2-3-8-4-11(15)9-5-12-13(17-7-16-12)6-10(9)14-8/h4-6H,2-3,7H2,1H3,(H,14,15). The predicted octanol–water partition coefficient (Wildman–Crippen LogP) is 2.21. The van der Waals surface area contributed by atoms with Gasteiger partial charge in [0.25, 0.3) is 0 Å². The van der Waals surface area contributed by atoms with Crippen molar-refractivity contribution >= 4 is 10.9 Å². The molecule has 0 bridgehead atoms. The number of nitrogens with one attached hydrogen (secondary N) is 1. The van der Waals surface area contributed by atoms with Crippen molar-refractivity contribution in [1.82, 2.24) is 4.98 Å². The van der Waals surface area contributed by atoms with Gasteiger partial charge in [-0.2, -0.15) is 0 Å². The second-order valence-corrected chi connectivity index (χ2v) is 4.16. The maximum absolute atomic E-state index is 12.0. The number of hydrogen-bond acceptors (Lipinski definition) is 3. The summed E-state index contributed by atoms with van der Waals surface area (Å²) >= 11 is 0. The van der Waals surface area contributed by atoms with Gasteiger partial charge in [-0.15, -0.1) is 0 Å². The number of hydrogen-bond donors (Lipinski definition) is 1. The third kappa shape index (κ3) is 1.65. The number of aromatic amines is 1. The minimum atomic E-state index is 0.0282. The molecule has 1 aliphatic heterocycles. The van der Waals surface area contributed by atoms with E-state index in [2.05, 4.69) is 11.9 Å². The van der Waals surface area contributed by atoms with Gasteiger partial charge < -0.3 is 14.5 Å². The van der Waals surface area contributed by atoms with Crippen LogP contribution >= 0.6 is 0 Å². The number of rotatable bonds is 2. The Morgan fingerprint density at radius 1 is 1.24 bits per heavy atom. The summed E-state index contributed by atoms with van der Waals surface area (Å²) in [5, 5.41) is 0.647. The fourth-order valence-corrected chi connectivity index (χ4v) is 2.10. The van der Waals surface area contributed by atoms with Crippen LogP contribution < -0.4 is 14.9 Å². The summed E-state index contributed by atoms with van der Waals surface area (Å²) in [5.41, 5.74) is 1.80. The first-order valence-corrected chi connectivity index (χ1v) is 5.73. The normalized spacial score (nSPS) is 13.2. The summed E-state index contributed by atoms with van der Waals surface area (Å²) in [6, 6.07) is 5.23. The molecule has 3 rings (SSSR count). The van der Waals surface area contributed by atoms with Crippen molar-refractivity contribution in [3.8, 4) is 11.5 Å². The predicted molar refractivity (Wildman–Crippen MR) is 64.7 cm³/mol. The molecule has 2 heterocycles. The van der Waals surface area contributed by atoms with E-state index >= 15 is 0 Å². The molecule has 0 fully saturated rings. The monoisotopic (exact) mass is 231 g/mol. The van der Waals surface area contributed by atoms with Gasteiger partial charge in [-0.25, -0.2) is 0 Å². The van der Waals surface area contributed by atoms with Gasteiger partial charge in [-0.05, 0) is 12.5 Å². The molecule has 1 aromatic heterocycles. The second-order valence-electron chi connectivity index (χ2n) is 4.16. The summed E-state index contributed by atoms with van der Waals surface area (Å²) in [7, 11) is 0. The lowest BCUT2D eigenvalue weighted by atomic mass is 10.1. The third-order valence-electron chi connectivity index (χ3n) is 2.90. The van der Waals surface area contributed by atoms with Crippen molar-refractivity contribution < 1.29 is 9.47 Å². The van der Waals surface area contributed by atoms with Gasteiger partial charge in [0.1, 0.15) is 0 Å². The van der Waals surface area contributed by atoms with E-state index in [-0.39, 0.29) is 12.2 Å². The van der Waals surface area contributed by atoms with Crippen molar-refractivity contribution in [3.05, 3.63) is 34.1 Å². The van der Waals surface area contributed by atoms with Crippen molar-refractivity contribution in [1.29, 1.82) is 0 Å². The van der Waals surface area contributed by atoms with E-state index in [0.717, 1.165) is 24.1 Å². The van der Waals surface area contributed by atoms with Crippen LogP contribution in [0.5, 0.6) is 11.5 Å². The number of aromatic nitrogens is 1. The Balaban J connectivity index is 2.24. The van der Waals surface area contributed by atoms with Gasteiger partial charge in [0.2, 0.25) is 6.79 Å². The molecule has 1 aromatic carbocycles. The molecule has 17 heavy (non-hydrogen) atoms. The number of aryl methyl sites for hydroxylation is 1. The number of H-pyrrole nitrogens is 1. The minimum absolute atomic E-state index is 0.0282. The molecule has 0 saturated heterocycles. The van der Waals surface area contributed by atoms with E-state index in [1.54, 1.807) is 12.1 Å². The lowest BCUT2D eigenvalue weighted by Crippen LogP contribution is -2.05. The van der Waals surface area contributed by atoms with Crippen molar-refractivity contribution in [3.63, 3.8) is 0 Å². The molecular weight excluding hydrogens is 218 g/mol. The van der Waals surface area contributed by atoms with Crippen LogP contribution in [0.1, 0.15) is 19.0 Å². The molecule has 4 nitrogen and oxygen atoms in total. The molecule has 4 heteroatoms. The summed E-state index contributed by atoms with van der Waals surface area (Å²) in [6.45, 7) is 2.31. The van der Waals surface area contributed by atoms with Crippen LogP contribution in [0.4, 0.5) is 0 Å². The Morgan fingerprint density at radius 3 is 2.76 bits per heavy atom. The largest absolute Gasteiger partial charge is 0.454 e. The summed E-state index contributed by atoms with van der Waals surface area (Å²) in [4.78, 5) is 15.2. The molecule has 0 amide bonds. The molecule has 0 unspecified atom stereocenters. The van der Waals surface area contributed by atoms with Gasteiger partial charge in [-0.1, -0.05) is 13.3 Å². The Hall–Kier alpha value is -1.97. The zero-order valence-electron chi connectivity index (χ0n) is 9.58. The molecule has 88 valence electrons. The van der Waals surface area contributed by atoms with Crippen LogP contribution in [-0.4, -0.2) is 11.8 Å². The zero-order valence-corrected chi connectivity index (χ0v) is 9.58. The number of fused-ring (bicyclic) bond motifs is 2. The highest BCUT2D eigenvalue weighted by Gasteiger charge is 2.15. The van der Waals surface area contributed by atoms with Crippen LogP contribution in [0.2, 0.25) is 0 Å². The van der Waals surface area contributed by atoms with E-state index in [1.165, 1.54) is 0 Å². The Bertz CT molecular complexity index is 630. The fraction of sp³-hybridized carbons (Fsp3) is 0.308. The molecule has 0 atom stereocenters. The average molecular weight is 231 g/mol. The first kappa shape index (κ1) is 10.2. The van der Waals surface area contributed by atoms with E-state index in [4.69, 9.17) is 9.47 Å². The van der Waals surface area contributed by atoms with E-state index in [0.29, 0.717) is 16.9 Å². The van der Waals surface area contributed by atoms with E-state index < -0.39 is 0 Å². The SMILES string of the molecule is CCCc1cc(=O)c2cc3c(cc2[nH]1)OCO3. The average Bonchev–Trinajstić information content (AvgIpc) is 2.74. The van der Waals surface area contributed by atoms with Crippen molar-refractivity contribution in [2.45, 2.75) is 19.8 Å². The van der Waals surface area contributed by atoms with Gasteiger partial charge in [-0.3, -0.25) is 4.79 Å². The minimum Gasteiger partial charge on any atom is -0.454 e. The van der Waals surface area contributed by atoms with Crippen molar-refractivity contribution in [2.75, 3.05) is 6.79 Å². The lowest BCUT2D eigenvalue weighted by Gasteiger charge is -2.04. The summed E-state index contributed by atoms with van der Waals surface area (Å²) in [5.74, 6) is 1.34. The summed E-state index contributed by atoms with van der Waals surface area (Å²) < 4.78 is 10.6. The van der Waals surface area contributed by atoms with Crippen LogP contribution in [0.25, 0.3) is 10.9 Å². The molecule has 1 aliphatic rings. The van der Waals surface area contributed by atoms with Crippen LogP contribution in [0.3, 0.4) is 0 Å². The molecular formula is C13H13NO3. The maximum Gasteiger partial charge on any atom is 0.231 e. The highest BCUT2D eigenvalue weighted by atomic mass is 16.7.